The number of nitrogens with two attached hydrogens (primary N) is 1. The molecular weight excluding hydrogens is 266 g/mol. The van der Waals surface area contributed by atoms with Crippen LogP contribution in [0.4, 0.5) is 0 Å². The minimum absolute atomic E-state index is 0.232. The number of phenolic OH excluding ortho intramolecular Hbond substituents is 1. The quantitative estimate of drug-likeness (QED) is 0.820. The summed E-state index contributed by atoms with van der Waals surface area (Å²) in [5.74, 6) is 1.73. The molecule has 112 valence electrons. The molecule has 0 aliphatic carbocycles. The predicted molar refractivity (Wildman–Crippen MR) is 82.6 cm³/mol. The van der Waals surface area contributed by atoms with E-state index >= 15 is 0 Å². The molecule has 0 unspecified atom stereocenters. The fourth-order valence-electron chi connectivity index (χ4n) is 1.95. The Balaban J connectivity index is 2.09. The number of benzene rings is 2. The molecule has 3 N–H and O–H groups in total. The van der Waals surface area contributed by atoms with E-state index in [4.69, 9.17) is 15.2 Å². The number of rotatable bonds is 7. The van der Waals surface area contributed by atoms with Gasteiger partial charge in [0.2, 0.25) is 0 Å². The van der Waals surface area contributed by atoms with Crippen molar-refractivity contribution in [2.45, 2.75) is 26.5 Å². The standard InChI is InChI=1S/C17H21NO3/c1-2-8-20-16-7-6-14(11-18)17(10-16)21-12-13-4-3-5-15(19)9-13/h3-7,9-10,19H,2,8,11-12,18H2,1H3. The molecule has 0 aliphatic heterocycles. The molecule has 0 aliphatic rings. The van der Waals surface area contributed by atoms with Gasteiger partial charge in [-0.25, -0.2) is 0 Å². The molecule has 0 aromatic heterocycles. The van der Waals surface area contributed by atoms with Crippen molar-refractivity contribution in [1.29, 1.82) is 0 Å². The summed E-state index contributed by atoms with van der Waals surface area (Å²) >= 11 is 0. The van der Waals surface area contributed by atoms with E-state index < -0.39 is 0 Å². The highest BCUT2D eigenvalue weighted by atomic mass is 16.5. The Morgan fingerprint density at radius 1 is 1.10 bits per heavy atom. The van der Waals surface area contributed by atoms with Crippen molar-refractivity contribution < 1.29 is 14.6 Å². The zero-order valence-corrected chi connectivity index (χ0v) is 12.2. The lowest BCUT2D eigenvalue weighted by molar-refractivity contribution is 0.292. The van der Waals surface area contributed by atoms with Crippen LogP contribution in [0, 0.1) is 0 Å². The molecule has 0 heterocycles. The number of phenols is 1. The zero-order chi connectivity index (χ0) is 15.1. The molecule has 0 amide bonds. The van der Waals surface area contributed by atoms with E-state index in [0.29, 0.717) is 19.8 Å². The number of hydrogen-bond donors (Lipinski definition) is 2. The highest BCUT2D eigenvalue weighted by Crippen LogP contribution is 2.26. The van der Waals surface area contributed by atoms with E-state index in [0.717, 1.165) is 29.0 Å². The summed E-state index contributed by atoms with van der Waals surface area (Å²) in [4.78, 5) is 0. The molecule has 0 atom stereocenters. The minimum Gasteiger partial charge on any atom is -0.508 e. The lowest BCUT2D eigenvalue weighted by Crippen LogP contribution is -2.04. The first-order valence-corrected chi connectivity index (χ1v) is 7.09. The van der Waals surface area contributed by atoms with Crippen LogP contribution in [0.5, 0.6) is 17.2 Å². The van der Waals surface area contributed by atoms with Crippen molar-refractivity contribution in [1.82, 2.24) is 0 Å². The molecule has 2 aromatic rings. The summed E-state index contributed by atoms with van der Waals surface area (Å²) in [5, 5.41) is 9.46. The van der Waals surface area contributed by atoms with E-state index in [1.54, 1.807) is 18.2 Å². The molecule has 0 fully saturated rings. The molecular formula is C17H21NO3. The Labute approximate surface area is 125 Å². The van der Waals surface area contributed by atoms with Crippen molar-refractivity contribution in [2.75, 3.05) is 6.61 Å². The van der Waals surface area contributed by atoms with Crippen LogP contribution in [0.25, 0.3) is 0 Å². The van der Waals surface area contributed by atoms with Gasteiger partial charge in [0.1, 0.15) is 23.9 Å². The molecule has 0 bridgehead atoms. The number of ether oxygens (including phenoxy) is 2. The molecule has 2 rings (SSSR count). The molecule has 0 saturated heterocycles. The van der Waals surface area contributed by atoms with E-state index in [1.165, 1.54) is 0 Å². The highest BCUT2D eigenvalue weighted by Gasteiger charge is 2.06. The van der Waals surface area contributed by atoms with Crippen LogP contribution < -0.4 is 15.2 Å². The summed E-state index contributed by atoms with van der Waals surface area (Å²) in [6, 6.07) is 12.7. The molecule has 0 saturated carbocycles. The van der Waals surface area contributed by atoms with Gasteiger partial charge in [0.25, 0.3) is 0 Å². The Morgan fingerprint density at radius 2 is 1.95 bits per heavy atom. The maximum Gasteiger partial charge on any atom is 0.127 e. The van der Waals surface area contributed by atoms with Gasteiger partial charge in [-0.2, -0.15) is 0 Å². The lowest BCUT2D eigenvalue weighted by Gasteiger charge is -2.13. The second-order valence-electron chi connectivity index (χ2n) is 4.78. The topological polar surface area (TPSA) is 64.7 Å². The van der Waals surface area contributed by atoms with Gasteiger partial charge in [-0.15, -0.1) is 0 Å². The highest BCUT2D eigenvalue weighted by molar-refractivity contribution is 5.41. The Morgan fingerprint density at radius 3 is 2.67 bits per heavy atom. The van der Waals surface area contributed by atoms with Gasteiger partial charge in [-0.3, -0.25) is 0 Å². The zero-order valence-electron chi connectivity index (χ0n) is 12.2. The lowest BCUT2D eigenvalue weighted by atomic mass is 10.2. The Kier molecular flexibility index (Phi) is 5.46. The smallest absolute Gasteiger partial charge is 0.127 e. The van der Waals surface area contributed by atoms with E-state index in [9.17, 15) is 5.11 Å². The summed E-state index contributed by atoms with van der Waals surface area (Å²) < 4.78 is 11.4. The van der Waals surface area contributed by atoms with E-state index in [1.807, 2.05) is 24.3 Å². The van der Waals surface area contributed by atoms with Gasteiger partial charge >= 0.3 is 0 Å². The molecule has 4 nitrogen and oxygen atoms in total. The monoisotopic (exact) mass is 287 g/mol. The average Bonchev–Trinajstić information content (AvgIpc) is 2.51. The summed E-state index contributed by atoms with van der Waals surface area (Å²) in [7, 11) is 0. The normalized spacial score (nSPS) is 10.4. The van der Waals surface area contributed by atoms with Crippen molar-refractivity contribution in [3.8, 4) is 17.2 Å². The largest absolute Gasteiger partial charge is 0.508 e. The van der Waals surface area contributed by atoms with Crippen LogP contribution in [0.2, 0.25) is 0 Å². The third-order valence-electron chi connectivity index (χ3n) is 3.04. The first-order chi connectivity index (χ1) is 10.2. The van der Waals surface area contributed by atoms with Crippen LogP contribution in [0.3, 0.4) is 0 Å². The average molecular weight is 287 g/mol. The first kappa shape index (κ1) is 15.2. The van der Waals surface area contributed by atoms with Crippen molar-refractivity contribution in [3.05, 3.63) is 53.6 Å². The molecule has 0 spiro atoms. The second kappa shape index (κ2) is 7.55. The predicted octanol–water partition coefficient (Wildman–Crippen LogP) is 3.22. The second-order valence-corrected chi connectivity index (χ2v) is 4.78. The van der Waals surface area contributed by atoms with Crippen LogP contribution in [-0.4, -0.2) is 11.7 Å². The summed E-state index contributed by atoms with van der Waals surface area (Å²) in [6.07, 6.45) is 0.956. The van der Waals surface area contributed by atoms with Gasteiger partial charge < -0.3 is 20.3 Å². The molecule has 0 radical (unpaired) electrons. The van der Waals surface area contributed by atoms with Crippen LogP contribution in [-0.2, 0) is 13.2 Å². The van der Waals surface area contributed by atoms with E-state index in [-0.39, 0.29) is 5.75 Å². The van der Waals surface area contributed by atoms with Gasteiger partial charge in [-0.1, -0.05) is 25.1 Å². The fourth-order valence-corrected chi connectivity index (χ4v) is 1.95. The Bertz CT molecular complexity index is 584. The third kappa shape index (κ3) is 4.39. The van der Waals surface area contributed by atoms with Crippen LogP contribution >= 0.6 is 0 Å². The number of hydrogen-bond acceptors (Lipinski definition) is 4. The Hall–Kier alpha value is -2.20. The number of aromatic hydroxyl groups is 1. The molecule has 4 heteroatoms. The maximum absolute atomic E-state index is 9.46. The SMILES string of the molecule is CCCOc1ccc(CN)c(OCc2cccc(O)c2)c1. The first-order valence-electron chi connectivity index (χ1n) is 7.09. The summed E-state index contributed by atoms with van der Waals surface area (Å²) in [6.45, 7) is 3.52. The third-order valence-corrected chi connectivity index (χ3v) is 3.04. The van der Waals surface area contributed by atoms with Gasteiger partial charge in [0, 0.05) is 18.2 Å². The van der Waals surface area contributed by atoms with Crippen LogP contribution in [0.15, 0.2) is 42.5 Å². The molecule has 21 heavy (non-hydrogen) atoms. The van der Waals surface area contributed by atoms with Gasteiger partial charge in [0.05, 0.1) is 6.61 Å². The van der Waals surface area contributed by atoms with Crippen LogP contribution in [0.1, 0.15) is 24.5 Å². The van der Waals surface area contributed by atoms with Gasteiger partial charge in [-0.05, 0) is 30.2 Å². The van der Waals surface area contributed by atoms with Crippen molar-refractivity contribution in [2.24, 2.45) is 5.73 Å². The maximum atomic E-state index is 9.46. The van der Waals surface area contributed by atoms with E-state index in [2.05, 4.69) is 6.92 Å². The van der Waals surface area contributed by atoms with Gasteiger partial charge in [0.15, 0.2) is 0 Å². The fraction of sp³-hybridized carbons (Fsp3) is 0.294. The minimum atomic E-state index is 0.232. The summed E-state index contributed by atoms with van der Waals surface area (Å²) in [5.41, 5.74) is 7.56. The molecule has 2 aromatic carbocycles. The van der Waals surface area contributed by atoms with Crippen molar-refractivity contribution in [3.63, 3.8) is 0 Å². The van der Waals surface area contributed by atoms with Crippen molar-refractivity contribution >= 4 is 0 Å².